The van der Waals surface area contributed by atoms with Gasteiger partial charge in [0.05, 0.1) is 0 Å². The van der Waals surface area contributed by atoms with Crippen molar-refractivity contribution in [2.45, 2.75) is 51.4 Å². The summed E-state index contributed by atoms with van der Waals surface area (Å²) < 4.78 is 28.9. The Hall–Kier alpha value is -0.170. The maximum Gasteiger partial charge on any atom is 0.279 e. The van der Waals surface area contributed by atoms with E-state index in [1.54, 1.807) is 4.31 Å². The SMILES string of the molecule is CNCC1CCN(S(=O)(=O)NCCCC2CCCC2)CC1. The summed E-state index contributed by atoms with van der Waals surface area (Å²) in [6.45, 7) is 2.90. The summed E-state index contributed by atoms with van der Waals surface area (Å²) in [6, 6.07) is 0. The van der Waals surface area contributed by atoms with Crippen LogP contribution in [-0.4, -0.2) is 45.9 Å². The molecule has 0 radical (unpaired) electrons. The van der Waals surface area contributed by atoms with Crippen molar-refractivity contribution in [3.8, 4) is 0 Å². The maximum atomic E-state index is 12.2. The van der Waals surface area contributed by atoms with Gasteiger partial charge in [0.2, 0.25) is 0 Å². The summed E-state index contributed by atoms with van der Waals surface area (Å²) >= 11 is 0. The van der Waals surface area contributed by atoms with Gasteiger partial charge in [-0.15, -0.1) is 0 Å². The van der Waals surface area contributed by atoms with E-state index in [4.69, 9.17) is 0 Å². The largest absolute Gasteiger partial charge is 0.319 e. The quantitative estimate of drug-likeness (QED) is 0.670. The number of piperidine rings is 1. The first kappa shape index (κ1) is 17.2. The first-order chi connectivity index (χ1) is 10.1. The van der Waals surface area contributed by atoms with E-state index in [1.807, 2.05) is 7.05 Å². The van der Waals surface area contributed by atoms with Crippen LogP contribution in [0.5, 0.6) is 0 Å². The Morgan fingerprint density at radius 2 is 1.71 bits per heavy atom. The molecule has 21 heavy (non-hydrogen) atoms. The summed E-state index contributed by atoms with van der Waals surface area (Å²) in [5.74, 6) is 1.45. The number of hydrogen-bond donors (Lipinski definition) is 2. The predicted molar refractivity (Wildman–Crippen MR) is 86.3 cm³/mol. The summed E-state index contributed by atoms with van der Waals surface area (Å²) in [5, 5.41) is 3.18. The zero-order valence-corrected chi connectivity index (χ0v) is 14.1. The van der Waals surface area contributed by atoms with Gasteiger partial charge in [-0.3, -0.25) is 0 Å². The highest BCUT2D eigenvalue weighted by molar-refractivity contribution is 7.87. The third-order valence-corrected chi connectivity index (χ3v) is 6.57. The van der Waals surface area contributed by atoms with Crippen molar-refractivity contribution in [1.29, 1.82) is 0 Å². The average molecular weight is 317 g/mol. The van der Waals surface area contributed by atoms with Gasteiger partial charge in [-0.2, -0.15) is 12.7 Å². The van der Waals surface area contributed by atoms with Crippen molar-refractivity contribution in [2.75, 3.05) is 33.2 Å². The molecule has 124 valence electrons. The highest BCUT2D eigenvalue weighted by Gasteiger charge is 2.27. The number of nitrogens with one attached hydrogen (secondary N) is 2. The van der Waals surface area contributed by atoms with Gasteiger partial charge in [0, 0.05) is 19.6 Å². The van der Waals surface area contributed by atoms with E-state index < -0.39 is 10.2 Å². The van der Waals surface area contributed by atoms with Gasteiger partial charge < -0.3 is 5.32 Å². The molecule has 2 aliphatic rings. The zero-order valence-electron chi connectivity index (χ0n) is 13.3. The molecule has 0 bridgehead atoms. The molecular weight excluding hydrogens is 286 g/mol. The Balaban J connectivity index is 1.64. The minimum absolute atomic E-state index is 0.593. The average Bonchev–Trinajstić information content (AvgIpc) is 2.98. The van der Waals surface area contributed by atoms with E-state index in [0.717, 1.165) is 31.7 Å². The predicted octanol–water partition coefficient (Wildman–Crippen LogP) is 1.72. The molecule has 0 aromatic rings. The van der Waals surface area contributed by atoms with Crippen LogP contribution in [0.15, 0.2) is 0 Å². The van der Waals surface area contributed by atoms with Gasteiger partial charge in [0.1, 0.15) is 0 Å². The Bertz CT molecular complexity index is 386. The van der Waals surface area contributed by atoms with Crippen LogP contribution < -0.4 is 10.0 Å². The van der Waals surface area contributed by atoms with Crippen LogP contribution >= 0.6 is 0 Å². The highest BCUT2D eigenvalue weighted by atomic mass is 32.2. The Kier molecular flexibility index (Phi) is 6.92. The van der Waals surface area contributed by atoms with Gasteiger partial charge in [0.25, 0.3) is 10.2 Å². The summed E-state index contributed by atoms with van der Waals surface area (Å²) in [6.07, 6.45) is 9.47. The topological polar surface area (TPSA) is 61.4 Å². The molecular formula is C15H31N3O2S. The van der Waals surface area contributed by atoms with E-state index in [-0.39, 0.29) is 0 Å². The first-order valence-electron chi connectivity index (χ1n) is 8.51. The van der Waals surface area contributed by atoms with E-state index >= 15 is 0 Å². The van der Waals surface area contributed by atoms with Gasteiger partial charge >= 0.3 is 0 Å². The minimum atomic E-state index is -3.25. The normalized spacial score (nSPS) is 22.9. The van der Waals surface area contributed by atoms with Gasteiger partial charge in [0.15, 0.2) is 0 Å². The molecule has 0 aromatic heterocycles. The molecule has 0 unspecified atom stereocenters. The molecule has 2 N–H and O–H groups in total. The van der Waals surface area contributed by atoms with E-state index in [9.17, 15) is 8.42 Å². The Morgan fingerprint density at radius 1 is 1.05 bits per heavy atom. The fraction of sp³-hybridized carbons (Fsp3) is 1.00. The molecule has 1 saturated heterocycles. The lowest BCUT2D eigenvalue weighted by atomic mass is 9.98. The highest BCUT2D eigenvalue weighted by Crippen LogP contribution is 2.28. The standard InChI is InChI=1S/C15H31N3O2S/c1-16-13-15-8-11-18(12-9-15)21(19,20)17-10-4-7-14-5-2-3-6-14/h14-17H,2-13H2,1H3. The van der Waals surface area contributed by atoms with Crippen molar-refractivity contribution in [1.82, 2.24) is 14.3 Å². The van der Waals surface area contributed by atoms with Gasteiger partial charge in [-0.05, 0) is 51.1 Å². The second-order valence-electron chi connectivity index (χ2n) is 6.59. The third-order valence-electron chi connectivity index (χ3n) is 4.95. The van der Waals surface area contributed by atoms with Crippen molar-refractivity contribution >= 4 is 10.2 Å². The molecule has 0 atom stereocenters. The third kappa shape index (κ3) is 5.51. The maximum absolute atomic E-state index is 12.2. The van der Waals surface area contributed by atoms with E-state index in [2.05, 4.69) is 10.0 Å². The minimum Gasteiger partial charge on any atom is -0.319 e. The van der Waals surface area contributed by atoms with E-state index in [0.29, 0.717) is 25.6 Å². The molecule has 0 amide bonds. The summed E-state index contributed by atoms with van der Waals surface area (Å²) in [4.78, 5) is 0. The van der Waals surface area contributed by atoms with Crippen molar-refractivity contribution < 1.29 is 8.42 Å². The van der Waals surface area contributed by atoms with Crippen LogP contribution in [0.25, 0.3) is 0 Å². The molecule has 1 aliphatic carbocycles. The monoisotopic (exact) mass is 317 g/mol. The lowest BCUT2D eigenvalue weighted by molar-refractivity contribution is 0.268. The van der Waals surface area contributed by atoms with Crippen molar-refractivity contribution in [2.24, 2.45) is 11.8 Å². The second-order valence-corrected chi connectivity index (χ2v) is 8.35. The van der Waals surface area contributed by atoms with E-state index in [1.165, 1.54) is 32.1 Å². The first-order valence-corrected chi connectivity index (χ1v) is 9.95. The van der Waals surface area contributed by atoms with Crippen LogP contribution in [-0.2, 0) is 10.2 Å². The molecule has 2 fully saturated rings. The number of rotatable bonds is 8. The second kappa shape index (κ2) is 8.46. The fourth-order valence-electron chi connectivity index (χ4n) is 3.62. The lowest BCUT2D eigenvalue weighted by Gasteiger charge is -2.31. The van der Waals surface area contributed by atoms with Gasteiger partial charge in [-0.1, -0.05) is 25.7 Å². The Morgan fingerprint density at radius 3 is 2.33 bits per heavy atom. The lowest BCUT2D eigenvalue weighted by Crippen LogP contribution is -2.46. The number of hydrogen-bond acceptors (Lipinski definition) is 3. The smallest absolute Gasteiger partial charge is 0.279 e. The van der Waals surface area contributed by atoms with Gasteiger partial charge in [-0.25, -0.2) is 4.72 Å². The van der Waals surface area contributed by atoms with Crippen molar-refractivity contribution in [3.05, 3.63) is 0 Å². The molecule has 0 spiro atoms. The molecule has 1 heterocycles. The molecule has 6 heteroatoms. The van der Waals surface area contributed by atoms with Crippen LogP contribution in [0.4, 0.5) is 0 Å². The molecule has 1 aliphatic heterocycles. The fourth-order valence-corrected chi connectivity index (χ4v) is 4.90. The van der Waals surface area contributed by atoms with Crippen LogP contribution in [0, 0.1) is 11.8 Å². The summed E-state index contributed by atoms with van der Waals surface area (Å²) in [5.41, 5.74) is 0. The van der Waals surface area contributed by atoms with Crippen LogP contribution in [0.3, 0.4) is 0 Å². The number of nitrogens with zero attached hydrogens (tertiary/aromatic N) is 1. The van der Waals surface area contributed by atoms with Crippen LogP contribution in [0.2, 0.25) is 0 Å². The summed E-state index contributed by atoms with van der Waals surface area (Å²) in [7, 11) is -1.30. The molecule has 2 rings (SSSR count). The molecule has 5 nitrogen and oxygen atoms in total. The molecule has 0 aromatic carbocycles. The van der Waals surface area contributed by atoms with Crippen LogP contribution in [0.1, 0.15) is 51.4 Å². The molecule has 1 saturated carbocycles. The Labute approximate surface area is 130 Å². The zero-order chi connectivity index (χ0) is 15.1. The van der Waals surface area contributed by atoms with Crippen molar-refractivity contribution in [3.63, 3.8) is 0 Å².